The van der Waals surface area contributed by atoms with E-state index in [0.717, 1.165) is 10.8 Å². The third-order valence-electron chi connectivity index (χ3n) is 3.48. The van der Waals surface area contributed by atoms with Crippen molar-refractivity contribution in [2.75, 3.05) is 0 Å². The Labute approximate surface area is 106 Å². The molecule has 0 amide bonds. The van der Waals surface area contributed by atoms with Crippen LogP contribution in [0, 0.1) is 5.92 Å². The van der Waals surface area contributed by atoms with Crippen LogP contribution < -0.4 is 0 Å². The van der Waals surface area contributed by atoms with Crippen molar-refractivity contribution in [3.05, 3.63) is 21.3 Å². The van der Waals surface area contributed by atoms with Gasteiger partial charge in [-0.15, -0.1) is 11.3 Å². The lowest BCUT2D eigenvalue weighted by atomic mass is 9.92. The lowest BCUT2D eigenvalue weighted by molar-refractivity contribution is 0.0993. The first-order valence-electron chi connectivity index (χ1n) is 6.18. The summed E-state index contributed by atoms with van der Waals surface area (Å²) in [6.07, 6.45) is 8.25. The molecule has 2 rings (SSSR count). The molecule has 1 atom stereocenters. The van der Waals surface area contributed by atoms with E-state index in [4.69, 9.17) is 11.6 Å². The largest absolute Gasteiger partial charge is 0.392 e. The first-order chi connectivity index (χ1) is 7.75. The van der Waals surface area contributed by atoms with Gasteiger partial charge >= 0.3 is 0 Å². The zero-order valence-corrected chi connectivity index (χ0v) is 11.1. The van der Waals surface area contributed by atoms with Crippen molar-refractivity contribution >= 4 is 22.9 Å². The van der Waals surface area contributed by atoms with Crippen molar-refractivity contribution in [2.45, 2.75) is 51.0 Å². The van der Waals surface area contributed by atoms with E-state index in [2.05, 4.69) is 0 Å². The number of hydrogen-bond acceptors (Lipinski definition) is 2. The van der Waals surface area contributed by atoms with Gasteiger partial charge < -0.3 is 5.11 Å². The van der Waals surface area contributed by atoms with Crippen molar-refractivity contribution in [3.8, 4) is 0 Å². The van der Waals surface area contributed by atoms with Crippen LogP contribution in [0.1, 0.15) is 43.4 Å². The Hall–Kier alpha value is -0.0500. The molecule has 1 heterocycles. The van der Waals surface area contributed by atoms with Crippen LogP contribution in [0.25, 0.3) is 0 Å². The summed E-state index contributed by atoms with van der Waals surface area (Å²) in [6.45, 7) is 0. The Morgan fingerprint density at radius 2 is 1.94 bits per heavy atom. The van der Waals surface area contributed by atoms with Crippen LogP contribution in [0.2, 0.25) is 4.34 Å². The molecule has 1 nitrogen and oxygen atoms in total. The van der Waals surface area contributed by atoms with E-state index in [9.17, 15) is 5.11 Å². The Bertz CT molecular complexity index is 315. The summed E-state index contributed by atoms with van der Waals surface area (Å²) in [5, 5.41) is 10.2. The molecule has 1 saturated carbocycles. The van der Waals surface area contributed by atoms with Crippen molar-refractivity contribution in [1.29, 1.82) is 0 Å². The zero-order chi connectivity index (χ0) is 11.4. The highest BCUT2D eigenvalue weighted by molar-refractivity contribution is 7.16. The quantitative estimate of drug-likeness (QED) is 0.803. The minimum Gasteiger partial charge on any atom is -0.392 e. The molecule has 1 aromatic heterocycles. The van der Waals surface area contributed by atoms with Crippen LogP contribution in [-0.2, 0) is 6.42 Å². The molecule has 1 aliphatic carbocycles. The SMILES string of the molecule is OC(Cc1ccc(Cl)s1)C1CCCCCC1. The third kappa shape index (κ3) is 3.47. The highest BCUT2D eigenvalue weighted by atomic mass is 35.5. The maximum absolute atomic E-state index is 10.2. The molecular weight excluding hydrogens is 240 g/mol. The zero-order valence-electron chi connectivity index (χ0n) is 9.49. The molecule has 0 aliphatic heterocycles. The van der Waals surface area contributed by atoms with Crippen molar-refractivity contribution in [1.82, 2.24) is 0 Å². The molecule has 1 N–H and O–H groups in total. The maximum atomic E-state index is 10.2. The molecule has 0 bridgehead atoms. The first kappa shape index (κ1) is 12.4. The molecule has 1 fully saturated rings. The summed E-state index contributed by atoms with van der Waals surface area (Å²) < 4.78 is 0.822. The number of aliphatic hydroxyl groups is 1. The van der Waals surface area contributed by atoms with Gasteiger partial charge in [0.25, 0.3) is 0 Å². The van der Waals surface area contributed by atoms with Crippen LogP contribution in [-0.4, -0.2) is 11.2 Å². The lowest BCUT2D eigenvalue weighted by Gasteiger charge is -2.20. The van der Waals surface area contributed by atoms with Gasteiger partial charge in [-0.05, 0) is 30.9 Å². The monoisotopic (exact) mass is 258 g/mol. The predicted molar refractivity (Wildman–Crippen MR) is 70.2 cm³/mol. The van der Waals surface area contributed by atoms with Gasteiger partial charge in [-0.3, -0.25) is 0 Å². The van der Waals surface area contributed by atoms with E-state index in [0.29, 0.717) is 5.92 Å². The van der Waals surface area contributed by atoms with E-state index >= 15 is 0 Å². The van der Waals surface area contributed by atoms with Crippen LogP contribution >= 0.6 is 22.9 Å². The van der Waals surface area contributed by atoms with E-state index < -0.39 is 0 Å². The summed E-state index contributed by atoms with van der Waals surface area (Å²) >= 11 is 7.48. The Kier molecular flexibility index (Phi) is 4.68. The molecule has 90 valence electrons. The van der Waals surface area contributed by atoms with Gasteiger partial charge in [0.2, 0.25) is 0 Å². The Morgan fingerprint density at radius 3 is 2.50 bits per heavy atom. The van der Waals surface area contributed by atoms with Crippen LogP contribution in [0.5, 0.6) is 0 Å². The minimum atomic E-state index is -0.173. The first-order valence-corrected chi connectivity index (χ1v) is 7.37. The van der Waals surface area contributed by atoms with Crippen LogP contribution in [0.4, 0.5) is 0 Å². The van der Waals surface area contributed by atoms with Crippen LogP contribution in [0.3, 0.4) is 0 Å². The summed E-state index contributed by atoms with van der Waals surface area (Å²) in [4.78, 5) is 1.21. The second-order valence-electron chi connectivity index (χ2n) is 4.73. The lowest BCUT2D eigenvalue weighted by Crippen LogP contribution is -2.22. The van der Waals surface area contributed by atoms with Crippen molar-refractivity contribution in [3.63, 3.8) is 0 Å². The van der Waals surface area contributed by atoms with Gasteiger partial charge in [-0.1, -0.05) is 37.3 Å². The summed E-state index contributed by atoms with van der Waals surface area (Å²) in [5.41, 5.74) is 0. The molecule has 1 aromatic rings. The van der Waals surface area contributed by atoms with E-state index in [-0.39, 0.29) is 6.10 Å². The van der Waals surface area contributed by atoms with E-state index in [1.54, 1.807) is 11.3 Å². The predicted octanol–water partition coefficient (Wildman–Crippen LogP) is 4.28. The molecule has 0 spiro atoms. The van der Waals surface area contributed by atoms with Gasteiger partial charge in [0.1, 0.15) is 0 Å². The van der Waals surface area contributed by atoms with Crippen molar-refractivity contribution < 1.29 is 5.11 Å². The highest BCUT2D eigenvalue weighted by Crippen LogP contribution is 2.29. The number of halogens is 1. The number of thiophene rings is 1. The van der Waals surface area contributed by atoms with Crippen LogP contribution in [0.15, 0.2) is 12.1 Å². The topological polar surface area (TPSA) is 20.2 Å². The Morgan fingerprint density at radius 1 is 1.25 bits per heavy atom. The minimum absolute atomic E-state index is 0.173. The van der Waals surface area contributed by atoms with Gasteiger partial charge in [-0.25, -0.2) is 0 Å². The van der Waals surface area contributed by atoms with Gasteiger partial charge in [0.05, 0.1) is 10.4 Å². The number of hydrogen-bond donors (Lipinski definition) is 1. The number of aliphatic hydroxyl groups excluding tert-OH is 1. The maximum Gasteiger partial charge on any atom is 0.0931 e. The molecule has 0 saturated heterocycles. The molecule has 0 aromatic carbocycles. The molecule has 0 radical (unpaired) electrons. The molecule has 1 aliphatic rings. The second-order valence-corrected chi connectivity index (χ2v) is 6.53. The second kappa shape index (κ2) is 6.04. The summed E-state index contributed by atoms with van der Waals surface area (Å²) in [5.74, 6) is 0.503. The Balaban J connectivity index is 1.88. The molecule has 1 unspecified atom stereocenters. The normalized spacial score (nSPS) is 20.6. The summed E-state index contributed by atoms with van der Waals surface area (Å²) in [7, 11) is 0. The third-order valence-corrected chi connectivity index (χ3v) is 4.74. The van der Waals surface area contributed by atoms with Gasteiger partial charge in [0.15, 0.2) is 0 Å². The van der Waals surface area contributed by atoms with Gasteiger partial charge in [0, 0.05) is 11.3 Å². The fraction of sp³-hybridized carbons (Fsp3) is 0.692. The smallest absolute Gasteiger partial charge is 0.0931 e. The fourth-order valence-corrected chi connectivity index (χ4v) is 3.67. The number of rotatable bonds is 3. The fourth-order valence-electron chi connectivity index (χ4n) is 2.53. The summed E-state index contributed by atoms with van der Waals surface area (Å²) in [6, 6.07) is 3.95. The van der Waals surface area contributed by atoms with E-state index in [1.807, 2.05) is 12.1 Å². The molecule has 16 heavy (non-hydrogen) atoms. The average Bonchev–Trinajstić information content (AvgIpc) is 2.56. The van der Waals surface area contributed by atoms with Gasteiger partial charge in [-0.2, -0.15) is 0 Å². The highest BCUT2D eigenvalue weighted by Gasteiger charge is 2.21. The molecule has 3 heteroatoms. The van der Waals surface area contributed by atoms with Crippen molar-refractivity contribution in [2.24, 2.45) is 5.92 Å². The standard InChI is InChI=1S/C13H19ClOS/c14-13-8-7-11(16-13)9-12(15)10-5-3-1-2-4-6-10/h7-8,10,12,15H,1-6,9H2. The van der Waals surface area contributed by atoms with E-state index in [1.165, 1.54) is 43.4 Å². The average molecular weight is 259 g/mol. The molecular formula is C13H19ClOS.